The SMILES string of the molecule is NC(=O)CCCCNS(=O)(=O)c1ccnc(N)c1. The van der Waals surface area contributed by atoms with Crippen LogP contribution in [0.1, 0.15) is 19.3 Å². The molecule has 0 aromatic carbocycles. The van der Waals surface area contributed by atoms with Crippen LogP contribution in [0, 0.1) is 0 Å². The fourth-order valence-corrected chi connectivity index (χ4v) is 2.40. The molecule has 1 heterocycles. The van der Waals surface area contributed by atoms with E-state index in [1.54, 1.807) is 0 Å². The second-order valence-corrected chi connectivity index (χ2v) is 5.50. The van der Waals surface area contributed by atoms with Crippen LogP contribution < -0.4 is 16.2 Å². The molecule has 18 heavy (non-hydrogen) atoms. The molecule has 0 spiro atoms. The molecule has 8 heteroatoms. The van der Waals surface area contributed by atoms with Crippen molar-refractivity contribution in [3.05, 3.63) is 18.3 Å². The Morgan fingerprint density at radius 1 is 1.39 bits per heavy atom. The van der Waals surface area contributed by atoms with Gasteiger partial charge < -0.3 is 11.5 Å². The van der Waals surface area contributed by atoms with Crippen LogP contribution in [0.15, 0.2) is 23.2 Å². The Kier molecular flexibility index (Phi) is 5.05. The summed E-state index contributed by atoms with van der Waals surface area (Å²) in [5.74, 6) is -0.244. The fourth-order valence-electron chi connectivity index (χ4n) is 1.31. The van der Waals surface area contributed by atoms with Crippen molar-refractivity contribution < 1.29 is 13.2 Å². The van der Waals surface area contributed by atoms with E-state index in [2.05, 4.69) is 9.71 Å². The first-order valence-electron chi connectivity index (χ1n) is 5.41. The highest BCUT2D eigenvalue weighted by atomic mass is 32.2. The third-order valence-electron chi connectivity index (χ3n) is 2.20. The van der Waals surface area contributed by atoms with Gasteiger partial charge in [-0.15, -0.1) is 0 Å². The quantitative estimate of drug-likeness (QED) is 0.582. The first-order valence-corrected chi connectivity index (χ1v) is 6.89. The molecular formula is C10H16N4O3S. The summed E-state index contributed by atoms with van der Waals surface area (Å²) in [4.78, 5) is 14.3. The Hall–Kier alpha value is -1.67. The molecule has 0 saturated carbocycles. The number of nitrogen functional groups attached to an aromatic ring is 1. The smallest absolute Gasteiger partial charge is 0.240 e. The van der Waals surface area contributed by atoms with Gasteiger partial charge in [-0.2, -0.15) is 0 Å². The van der Waals surface area contributed by atoms with Gasteiger partial charge in [0.2, 0.25) is 15.9 Å². The summed E-state index contributed by atoms with van der Waals surface area (Å²) in [5.41, 5.74) is 10.4. The van der Waals surface area contributed by atoms with E-state index in [0.29, 0.717) is 12.8 Å². The zero-order valence-corrected chi connectivity index (χ0v) is 10.6. The van der Waals surface area contributed by atoms with E-state index >= 15 is 0 Å². The zero-order chi connectivity index (χ0) is 13.6. The third kappa shape index (κ3) is 4.68. The fraction of sp³-hybridized carbons (Fsp3) is 0.400. The Labute approximate surface area is 106 Å². The maximum atomic E-state index is 11.8. The van der Waals surface area contributed by atoms with Crippen molar-refractivity contribution in [1.29, 1.82) is 0 Å². The molecule has 0 aliphatic heterocycles. The summed E-state index contributed by atoms with van der Waals surface area (Å²) in [6, 6.07) is 2.65. The molecule has 0 bridgehead atoms. The second kappa shape index (κ2) is 6.31. The highest BCUT2D eigenvalue weighted by Crippen LogP contribution is 2.10. The van der Waals surface area contributed by atoms with E-state index in [9.17, 15) is 13.2 Å². The van der Waals surface area contributed by atoms with Crippen LogP contribution in [0.5, 0.6) is 0 Å². The van der Waals surface area contributed by atoms with Crippen LogP contribution >= 0.6 is 0 Å². The van der Waals surface area contributed by atoms with Crippen molar-refractivity contribution in [3.8, 4) is 0 Å². The summed E-state index contributed by atoms with van der Waals surface area (Å²) >= 11 is 0. The van der Waals surface area contributed by atoms with E-state index in [4.69, 9.17) is 11.5 Å². The summed E-state index contributed by atoms with van der Waals surface area (Å²) in [6.07, 6.45) is 2.68. The number of pyridine rings is 1. The number of anilines is 1. The molecule has 1 rings (SSSR count). The summed E-state index contributed by atoms with van der Waals surface area (Å²) in [6.45, 7) is 0.248. The van der Waals surface area contributed by atoms with Gasteiger partial charge in [-0.1, -0.05) is 0 Å². The van der Waals surface area contributed by atoms with Crippen molar-refractivity contribution in [2.75, 3.05) is 12.3 Å². The van der Waals surface area contributed by atoms with Crippen LogP contribution in [-0.2, 0) is 14.8 Å². The molecule has 0 aliphatic carbocycles. The number of primary amides is 1. The predicted octanol–water partition coefficient (Wildman–Crippen LogP) is -0.402. The summed E-state index contributed by atoms with van der Waals surface area (Å²) in [5, 5.41) is 0. The highest BCUT2D eigenvalue weighted by Gasteiger charge is 2.13. The number of carbonyl (C=O) groups excluding carboxylic acids is 1. The van der Waals surface area contributed by atoms with Gasteiger partial charge in [0.15, 0.2) is 0 Å². The molecule has 5 N–H and O–H groups in total. The molecule has 0 unspecified atom stereocenters. The molecule has 1 amide bonds. The molecule has 0 radical (unpaired) electrons. The molecule has 1 aromatic heterocycles. The number of nitrogens with two attached hydrogens (primary N) is 2. The molecule has 7 nitrogen and oxygen atoms in total. The number of hydrogen-bond acceptors (Lipinski definition) is 5. The lowest BCUT2D eigenvalue weighted by Crippen LogP contribution is -2.25. The number of hydrogen-bond donors (Lipinski definition) is 3. The number of nitrogens with zero attached hydrogens (tertiary/aromatic N) is 1. The van der Waals surface area contributed by atoms with Crippen LogP contribution in [0.3, 0.4) is 0 Å². The first kappa shape index (κ1) is 14.4. The normalized spacial score (nSPS) is 11.3. The third-order valence-corrected chi connectivity index (χ3v) is 3.66. The molecule has 1 aromatic rings. The number of amides is 1. The number of unbranched alkanes of at least 4 members (excludes halogenated alkanes) is 1. The van der Waals surface area contributed by atoms with Crippen LogP contribution in [-0.4, -0.2) is 25.9 Å². The monoisotopic (exact) mass is 272 g/mol. The Balaban J connectivity index is 2.48. The molecule has 0 atom stereocenters. The number of sulfonamides is 1. The van der Waals surface area contributed by atoms with E-state index in [1.807, 2.05) is 0 Å². The summed E-state index contributed by atoms with van der Waals surface area (Å²) < 4.78 is 26.0. The molecule has 0 fully saturated rings. The van der Waals surface area contributed by atoms with Crippen LogP contribution in [0.25, 0.3) is 0 Å². The van der Waals surface area contributed by atoms with Crippen LogP contribution in [0.4, 0.5) is 5.82 Å². The van der Waals surface area contributed by atoms with Gasteiger partial charge in [0.25, 0.3) is 0 Å². The maximum absolute atomic E-state index is 11.8. The van der Waals surface area contributed by atoms with Crippen molar-refractivity contribution in [3.63, 3.8) is 0 Å². The Morgan fingerprint density at radius 3 is 2.72 bits per heavy atom. The zero-order valence-electron chi connectivity index (χ0n) is 9.80. The van der Waals surface area contributed by atoms with Gasteiger partial charge in [0.05, 0.1) is 4.90 Å². The average Bonchev–Trinajstić information content (AvgIpc) is 2.28. The lowest BCUT2D eigenvalue weighted by Gasteiger charge is -2.06. The van der Waals surface area contributed by atoms with E-state index in [0.717, 1.165) is 0 Å². The number of aromatic nitrogens is 1. The number of rotatable bonds is 7. The van der Waals surface area contributed by atoms with Gasteiger partial charge in [-0.3, -0.25) is 4.79 Å². The lowest BCUT2D eigenvalue weighted by molar-refractivity contribution is -0.118. The van der Waals surface area contributed by atoms with Gasteiger partial charge in [0.1, 0.15) is 5.82 Å². The maximum Gasteiger partial charge on any atom is 0.240 e. The van der Waals surface area contributed by atoms with Crippen molar-refractivity contribution >= 4 is 21.7 Å². The minimum atomic E-state index is -3.57. The predicted molar refractivity (Wildman–Crippen MR) is 66.9 cm³/mol. The van der Waals surface area contributed by atoms with E-state index in [1.165, 1.54) is 18.3 Å². The highest BCUT2D eigenvalue weighted by molar-refractivity contribution is 7.89. The van der Waals surface area contributed by atoms with Crippen molar-refractivity contribution in [2.24, 2.45) is 5.73 Å². The largest absolute Gasteiger partial charge is 0.384 e. The van der Waals surface area contributed by atoms with Gasteiger partial charge in [-0.25, -0.2) is 18.1 Å². The van der Waals surface area contributed by atoms with Crippen molar-refractivity contribution in [2.45, 2.75) is 24.2 Å². The molecule has 0 saturated heterocycles. The van der Waals surface area contributed by atoms with Crippen LogP contribution in [0.2, 0.25) is 0 Å². The Morgan fingerprint density at radius 2 is 2.11 bits per heavy atom. The Bertz CT molecular complexity index is 516. The minimum absolute atomic E-state index is 0.0740. The number of carbonyl (C=O) groups is 1. The first-order chi connectivity index (χ1) is 8.42. The molecule has 100 valence electrons. The minimum Gasteiger partial charge on any atom is -0.384 e. The van der Waals surface area contributed by atoms with Crippen molar-refractivity contribution in [1.82, 2.24) is 9.71 Å². The van der Waals surface area contributed by atoms with Gasteiger partial charge in [-0.05, 0) is 18.9 Å². The van der Waals surface area contributed by atoms with E-state index < -0.39 is 10.0 Å². The lowest BCUT2D eigenvalue weighted by atomic mass is 10.2. The molecule has 0 aliphatic rings. The van der Waals surface area contributed by atoms with Gasteiger partial charge in [0, 0.05) is 25.2 Å². The number of nitrogens with one attached hydrogen (secondary N) is 1. The topological polar surface area (TPSA) is 128 Å². The van der Waals surface area contributed by atoms with Gasteiger partial charge >= 0.3 is 0 Å². The molecular weight excluding hydrogens is 256 g/mol. The summed E-state index contributed by atoms with van der Waals surface area (Å²) in [7, 11) is -3.57. The second-order valence-electron chi connectivity index (χ2n) is 3.74. The standard InChI is InChI=1S/C10H16N4O3S/c11-9-7-8(4-6-13-9)18(16,17)14-5-2-1-3-10(12)15/h4,6-7,14H,1-3,5H2,(H2,11,13)(H2,12,15). The van der Waals surface area contributed by atoms with E-state index in [-0.39, 0.29) is 29.6 Å². The average molecular weight is 272 g/mol.